The average molecular weight is 291 g/mol. The summed E-state index contributed by atoms with van der Waals surface area (Å²) in [6, 6.07) is 0. The van der Waals surface area contributed by atoms with Crippen LogP contribution >= 0.6 is 0 Å². The number of aromatic nitrogens is 2. The Balaban J connectivity index is 2.41. The first-order chi connectivity index (χ1) is 10.2. The Kier molecular flexibility index (Phi) is 5.57. The Labute approximate surface area is 128 Å². The van der Waals surface area contributed by atoms with Gasteiger partial charge in [-0.05, 0) is 52.4 Å². The lowest BCUT2D eigenvalue weighted by atomic mass is 10.00. The minimum Gasteiger partial charge on any atom is -0.370 e. The number of rotatable bonds is 7. The van der Waals surface area contributed by atoms with Crippen molar-refractivity contribution in [3.8, 4) is 0 Å². The topological polar surface area (TPSA) is 47.0 Å². The summed E-state index contributed by atoms with van der Waals surface area (Å²) in [7, 11) is 0. The molecule has 4 nitrogen and oxygen atoms in total. The molecule has 1 aliphatic carbocycles. The number of nitrogens with one attached hydrogen (secondary N) is 1. The van der Waals surface area contributed by atoms with Crippen LogP contribution in [0.15, 0.2) is 0 Å². The summed E-state index contributed by atoms with van der Waals surface area (Å²) in [6.45, 7) is 10.2. The van der Waals surface area contributed by atoms with Gasteiger partial charge < -0.3 is 10.1 Å². The van der Waals surface area contributed by atoms with Gasteiger partial charge in [-0.3, -0.25) is 0 Å². The first-order valence-corrected chi connectivity index (χ1v) is 8.42. The minimum absolute atomic E-state index is 0.256. The van der Waals surface area contributed by atoms with E-state index in [1.54, 1.807) is 0 Å². The highest BCUT2D eigenvalue weighted by molar-refractivity contribution is 5.47. The first-order valence-electron chi connectivity index (χ1n) is 8.42. The third-order valence-electron chi connectivity index (χ3n) is 4.35. The molecule has 1 N–H and O–H groups in total. The van der Waals surface area contributed by atoms with E-state index >= 15 is 0 Å². The van der Waals surface area contributed by atoms with E-state index in [2.05, 4.69) is 33.0 Å². The smallest absolute Gasteiger partial charge is 0.162 e. The molecule has 1 aliphatic rings. The number of aryl methyl sites for hydroxylation is 1. The highest BCUT2D eigenvalue weighted by atomic mass is 16.5. The van der Waals surface area contributed by atoms with Crippen molar-refractivity contribution in [2.45, 2.75) is 71.8 Å². The molecule has 1 saturated carbocycles. The van der Waals surface area contributed by atoms with Gasteiger partial charge in [-0.25, -0.2) is 9.97 Å². The molecule has 0 unspecified atom stereocenters. The van der Waals surface area contributed by atoms with E-state index in [9.17, 15) is 0 Å². The number of hydrogen-bond donors (Lipinski definition) is 1. The second kappa shape index (κ2) is 7.21. The van der Waals surface area contributed by atoms with Crippen LogP contribution in [0.3, 0.4) is 0 Å². The SMILES string of the molecule is CCCNc1nc(C2(OCC)CCCC2)nc(C)c1CC. The van der Waals surface area contributed by atoms with Crippen LogP contribution in [0.5, 0.6) is 0 Å². The fourth-order valence-corrected chi connectivity index (χ4v) is 3.27. The van der Waals surface area contributed by atoms with Crippen LogP contribution in [-0.2, 0) is 16.8 Å². The molecule has 1 aromatic rings. The van der Waals surface area contributed by atoms with E-state index in [0.29, 0.717) is 0 Å². The maximum atomic E-state index is 6.11. The molecule has 0 amide bonds. The molecular weight excluding hydrogens is 262 g/mol. The first kappa shape index (κ1) is 16.2. The van der Waals surface area contributed by atoms with E-state index in [-0.39, 0.29) is 5.60 Å². The van der Waals surface area contributed by atoms with Crippen molar-refractivity contribution in [1.29, 1.82) is 0 Å². The van der Waals surface area contributed by atoms with Crippen molar-refractivity contribution in [2.75, 3.05) is 18.5 Å². The summed E-state index contributed by atoms with van der Waals surface area (Å²) in [5, 5.41) is 3.47. The Morgan fingerprint density at radius 3 is 2.43 bits per heavy atom. The molecule has 21 heavy (non-hydrogen) atoms. The molecule has 4 heteroatoms. The van der Waals surface area contributed by atoms with Gasteiger partial charge in [-0.2, -0.15) is 0 Å². The van der Waals surface area contributed by atoms with Crippen LogP contribution in [0, 0.1) is 6.92 Å². The van der Waals surface area contributed by atoms with Crippen molar-refractivity contribution in [3.63, 3.8) is 0 Å². The fraction of sp³-hybridized carbons (Fsp3) is 0.765. The zero-order chi connectivity index (χ0) is 15.3. The van der Waals surface area contributed by atoms with Gasteiger partial charge in [0.2, 0.25) is 0 Å². The summed E-state index contributed by atoms with van der Waals surface area (Å²) in [6.07, 6.45) is 6.54. The van der Waals surface area contributed by atoms with Crippen molar-refractivity contribution in [3.05, 3.63) is 17.1 Å². The van der Waals surface area contributed by atoms with E-state index in [1.807, 2.05) is 0 Å². The Morgan fingerprint density at radius 2 is 1.86 bits per heavy atom. The standard InChI is InChI=1S/C17H29N3O/c1-5-12-18-15-14(6-2)13(4)19-16(20-15)17(21-7-3)10-8-9-11-17/h5-12H2,1-4H3,(H,18,19,20). The second-order valence-corrected chi connectivity index (χ2v) is 5.87. The van der Waals surface area contributed by atoms with Crippen LogP contribution < -0.4 is 5.32 Å². The van der Waals surface area contributed by atoms with Gasteiger partial charge in [0.15, 0.2) is 5.82 Å². The zero-order valence-electron chi connectivity index (χ0n) is 14.0. The molecule has 0 spiro atoms. The van der Waals surface area contributed by atoms with Crippen molar-refractivity contribution in [1.82, 2.24) is 9.97 Å². The summed E-state index contributed by atoms with van der Waals surface area (Å²) in [5.41, 5.74) is 2.07. The minimum atomic E-state index is -0.256. The molecule has 0 atom stereocenters. The maximum absolute atomic E-state index is 6.11. The molecule has 0 aliphatic heterocycles. The van der Waals surface area contributed by atoms with E-state index in [4.69, 9.17) is 14.7 Å². The Bertz CT molecular complexity index is 467. The molecule has 0 aromatic carbocycles. The fourth-order valence-electron chi connectivity index (χ4n) is 3.27. The molecule has 1 fully saturated rings. The monoisotopic (exact) mass is 291 g/mol. The van der Waals surface area contributed by atoms with Gasteiger partial charge >= 0.3 is 0 Å². The van der Waals surface area contributed by atoms with E-state index < -0.39 is 0 Å². The average Bonchev–Trinajstić information content (AvgIpc) is 2.95. The van der Waals surface area contributed by atoms with Crippen molar-refractivity contribution in [2.24, 2.45) is 0 Å². The summed E-state index contributed by atoms with van der Waals surface area (Å²) < 4.78 is 6.11. The van der Waals surface area contributed by atoms with Crippen LogP contribution in [0.1, 0.15) is 70.0 Å². The molecule has 118 valence electrons. The van der Waals surface area contributed by atoms with Crippen LogP contribution in [0.2, 0.25) is 0 Å². The Morgan fingerprint density at radius 1 is 1.14 bits per heavy atom. The van der Waals surface area contributed by atoms with Gasteiger partial charge in [-0.1, -0.05) is 13.8 Å². The van der Waals surface area contributed by atoms with Crippen LogP contribution in [-0.4, -0.2) is 23.1 Å². The van der Waals surface area contributed by atoms with Gasteiger partial charge in [0.05, 0.1) is 0 Å². The predicted molar refractivity (Wildman–Crippen MR) is 86.7 cm³/mol. The second-order valence-electron chi connectivity index (χ2n) is 5.87. The van der Waals surface area contributed by atoms with E-state index in [1.165, 1.54) is 18.4 Å². The van der Waals surface area contributed by atoms with E-state index in [0.717, 1.165) is 56.2 Å². The maximum Gasteiger partial charge on any atom is 0.162 e. The highest BCUT2D eigenvalue weighted by Crippen LogP contribution is 2.41. The van der Waals surface area contributed by atoms with Crippen molar-refractivity contribution >= 4 is 5.82 Å². The van der Waals surface area contributed by atoms with Gasteiger partial charge in [0.25, 0.3) is 0 Å². The van der Waals surface area contributed by atoms with Gasteiger partial charge in [0, 0.05) is 24.4 Å². The molecule has 0 saturated heterocycles. The zero-order valence-corrected chi connectivity index (χ0v) is 14.0. The van der Waals surface area contributed by atoms with Crippen LogP contribution in [0.4, 0.5) is 5.82 Å². The molecule has 0 radical (unpaired) electrons. The molecule has 1 aromatic heterocycles. The summed E-state index contributed by atoms with van der Waals surface area (Å²) >= 11 is 0. The molecular formula is C17H29N3O. The third kappa shape index (κ3) is 3.37. The number of ether oxygens (including phenoxy) is 1. The number of nitrogens with zero attached hydrogens (tertiary/aromatic N) is 2. The largest absolute Gasteiger partial charge is 0.370 e. The predicted octanol–water partition coefficient (Wildman–Crippen LogP) is 3.98. The van der Waals surface area contributed by atoms with Gasteiger partial charge in [0.1, 0.15) is 11.4 Å². The molecule has 2 rings (SSSR count). The van der Waals surface area contributed by atoms with Gasteiger partial charge in [-0.15, -0.1) is 0 Å². The normalized spacial score (nSPS) is 17.1. The van der Waals surface area contributed by atoms with Crippen molar-refractivity contribution < 1.29 is 4.74 Å². The van der Waals surface area contributed by atoms with Crippen LogP contribution in [0.25, 0.3) is 0 Å². The lowest BCUT2D eigenvalue weighted by molar-refractivity contribution is -0.0457. The quantitative estimate of drug-likeness (QED) is 0.825. The lowest BCUT2D eigenvalue weighted by Gasteiger charge is -2.28. The molecule has 1 heterocycles. The number of hydrogen-bond acceptors (Lipinski definition) is 4. The summed E-state index contributed by atoms with van der Waals surface area (Å²) in [4.78, 5) is 9.68. The Hall–Kier alpha value is -1.16. The lowest BCUT2D eigenvalue weighted by Crippen LogP contribution is -2.30. The summed E-state index contributed by atoms with van der Waals surface area (Å²) in [5.74, 6) is 1.89. The third-order valence-corrected chi connectivity index (χ3v) is 4.35. The highest BCUT2D eigenvalue weighted by Gasteiger charge is 2.39. The molecule has 0 bridgehead atoms. The number of anilines is 1.